The summed E-state index contributed by atoms with van der Waals surface area (Å²) in [6.07, 6.45) is 0. The van der Waals surface area contributed by atoms with E-state index < -0.39 is 0 Å². The molecule has 1 aromatic carbocycles. The van der Waals surface area contributed by atoms with Crippen LogP contribution in [-0.2, 0) is 0 Å². The largest absolute Gasteiger partial charge is 0.299 e. The number of nitrogens with one attached hydrogen (secondary N) is 2. The zero-order valence-electron chi connectivity index (χ0n) is 8.88. The molecule has 0 radical (unpaired) electrons. The zero-order chi connectivity index (χ0) is 10.0. The third kappa shape index (κ3) is 2.14. The molecule has 1 fully saturated rings. The van der Waals surface area contributed by atoms with Crippen LogP contribution in [0, 0.1) is 0 Å². The summed E-state index contributed by atoms with van der Waals surface area (Å²) in [5.74, 6) is 0.601. The summed E-state index contributed by atoms with van der Waals surface area (Å²) in [7, 11) is 0. The van der Waals surface area contributed by atoms with E-state index in [0.717, 1.165) is 13.1 Å². The number of hydrogen-bond donors (Lipinski definition) is 2. The normalized spacial score (nSPS) is 22.1. The first kappa shape index (κ1) is 9.69. The second kappa shape index (κ2) is 3.71. The van der Waals surface area contributed by atoms with Gasteiger partial charge in [0.2, 0.25) is 0 Å². The summed E-state index contributed by atoms with van der Waals surface area (Å²) in [4.78, 5) is 0. The predicted molar refractivity (Wildman–Crippen MR) is 59.3 cm³/mol. The van der Waals surface area contributed by atoms with E-state index in [-0.39, 0.29) is 5.66 Å². The first-order chi connectivity index (χ1) is 6.67. The van der Waals surface area contributed by atoms with Crippen molar-refractivity contribution in [2.75, 3.05) is 13.1 Å². The van der Waals surface area contributed by atoms with Gasteiger partial charge in [0, 0.05) is 19.0 Å². The highest BCUT2D eigenvalue weighted by atomic mass is 15.2. The second-order valence-corrected chi connectivity index (χ2v) is 4.49. The fraction of sp³-hybridized carbons (Fsp3) is 0.500. The molecule has 76 valence electrons. The molecule has 1 aliphatic heterocycles. The van der Waals surface area contributed by atoms with Gasteiger partial charge < -0.3 is 0 Å². The summed E-state index contributed by atoms with van der Waals surface area (Å²) >= 11 is 0. The van der Waals surface area contributed by atoms with Crippen LogP contribution in [0.15, 0.2) is 30.3 Å². The Morgan fingerprint density at radius 3 is 2.21 bits per heavy atom. The van der Waals surface area contributed by atoms with Crippen LogP contribution >= 0.6 is 0 Å². The molecule has 2 N–H and O–H groups in total. The van der Waals surface area contributed by atoms with Gasteiger partial charge in [-0.25, -0.2) is 0 Å². The van der Waals surface area contributed by atoms with E-state index in [4.69, 9.17) is 0 Å². The van der Waals surface area contributed by atoms with Crippen LogP contribution in [-0.4, -0.2) is 18.8 Å². The summed E-state index contributed by atoms with van der Waals surface area (Å²) < 4.78 is 0. The van der Waals surface area contributed by atoms with Gasteiger partial charge in [-0.2, -0.15) is 0 Å². The van der Waals surface area contributed by atoms with Crippen molar-refractivity contribution in [1.29, 1.82) is 0 Å². The molecule has 2 heteroatoms. The SMILES string of the molecule is CC1(C)NCC(c2ccccc2)CN1. The molecule has 0 aromatic heterocycles. The number of rotatable bonds is 1. The van der Waals surface area contributed by atoms with E-state index in [1.165, 1.54) is 5.56 Å². The van der Waals surface area contributed by atoms with E-state index in [0.29, 0.717) is 5.92 Å². The summed E-state index contributed by atoms with van der Waals surface area (Å²) in [6.45, 7) is 6.47. The van der Waals surface area contributed by atoms with Crippen molar-refractivity contribution in [3.8, 4) is 0 Å². The van der Waals surface area contributed by atoms with Crippen LogP contribution in [0.1, 0.15) is 25.3 Å². The van der Waals surface area contributed by atoms with Crippen molar-refractivity contribution < 1.29 is 0 Å². The van der Waals surface area contributed by atoms with Gasteiger partial charge in [-0.05, 0) is 19.4 Å². The van der Waals surface area contributed by atoms with Crippen molar-refractivity contribution in [2.24, 2.45) is 0 Å². The molecule has 1 aromatic rings. The maximum absolute atomic E-state index is 3.50. The first-order valence-corrected chi connectivity index (χ1v) is 5.22. The van der Waals surface area contributed by atoms with Crippen LogP contribution in [0.25, 0.3) is 0 Å². The molecule has 1 saturated heterocycles. The molecule has 2 rings (SSSR count). The second-order valence-electron chi connectivity index (χ2n) is 4.49. The van der Waals surface area contributed by atoms with Crippen LogP contribution in [0.4, 0.5) is 0 Å². The summed E-state index contributed by atoms with van der Waals surface area (Å²) in [5.41, 5.74) is 1.51. The Labute approximate surface area is 85.7 Å². The lowest BCUT2D eigenvalue weighted by molar-refractivity contribution is 0.250. The molecule has 0 atom stereocenters. The highest BCUT2D eigenvalue weighted by molar-refractivity contribution is 5.21. The van der Waals surface area contributed by atoms with Gasteiger partial charge in [-0.15, -0.1) is 0 Å². The van der Waals surface area contributed by atoms with Crippen molar-refractivity contribution in [3.63, 3.8) is 0 Å². The van der Waals surface area contributed by atoms with E-state index in [1.54, 1.807) is 0 Å². The Bertz CT molecular complexity index is 282. The van der Waals surface area contributed by atoms with Gasteiger partial charge in [0.05, 0.1) is 5.66 Å². The van der Waals surface area contributed by atoms with E-state index in [1.807, 2.05) is 0 Å². The summed E-state index contributed by atoms with van der Waals surface area (Å²) in [6, 6.07) is 10.7. The van der Waals surface area contributed by atoms with Crippen LogP contribution in [0.3, 0.4) is 0 Å². The van der Waals surface area contributed by atoms with Crippen molar-refractivity contribution in [2.45, 2.75) is 25.4 Å². The fourth-order valence-electron chi connectivity index (χ4n) is 1.85. The number of hydrogen-bond acceptors (Lipinski definition) is 2. The topological polar surface area (TPSA) is 24.1 Å². The first-order valence-electron chi connectivity index (χ1n) is 5.22. The van der Waals surface area contributed by atoms with Gasteiger partial charge in [-0.1, -0.05) is 30.3 Å². The third-order valence-corrected chi connectivity index (χ3v) is 2.85. The minimum absolute atomic E-state index is 0.0886. The lowest BCUT2D eigenvalue weighted by Gasteiger charge is -2.37. The molecule has 0 aliphatic carbocycles. The molecule has 0 amide bonds. The monoisotopic (exact) mass is 190 g/mol. The predicted octanol–water partition coefficient (Wildman–Crippen LogP) is 1.70. The number of benzene rings is 1. The standard InChI is InChI=1S/C12H18N2/c1-12(2)13-8-11(9-14-12)10-6-4-3-5-7-10/h3-7,11,13-14H,8-9H2,1-2H3. The van der Waals surface area contributed by atoms with Gasteiger partial charge in [0.15, 0.2) is 0 Å². The zero-order valence-corrected chi connectivity index (χ0v) is 8.88. The van der Waals surface area contributed by atoms with Crippen molar-refractivity contribution in [3.05, 3.63) is 35.9 Å². The van der Waals surface area contributed by atoms with Gasteiger partial charge in [0.1, 0.15) is 0 Å². The average molecular weight is 190 g/mol. The lowest BCUT2D eigenvalue weighted by Crippen LogP contribution is -2.59. The minimum atomic E-state index is 0.0886. The molecule has 2 nitrogen and oxygen atoms in total. The smallest absolute Gasteiger partial charge is 0.0629 e. The Morgan fingerprint density at radius 1 is 1.07 bits per heavy atom. The molecule has 1 heterocycles. The van der Waals surface area contributed by atoms with Gasteiger partial charge >= 0.3 is 0 Å². The molecule has 0 saturated carbocycles. The Morgan fingerprint density at radius 2 is 1.64 bits per heavy atom. The maximum atomic E-state index is 3.50. The highest BCUT2D eigenvalue weighted by Gasteiger charge is 2.25. The summed E-state index contributed by atoms with van der Waals surface area (Å²) in [5, 5.41) is 6.99. The third-order valence-electron chi connectivity index (χ3n) is 2.85. The molecular weight excluding hydrogens is 172 g/mol. The maximum Gasteiger partial charge on any atom is 0.0629 e. The molecule has 0 bridgehead atoms. The highest BCUT2D eigenvalue weighted by Crippen LogP contribution is 2.18. The van der Waals surface area contributed by atoms with E-state index in [2.05, 4.69) is 54.8 Å². The molecular formula is C12H18N2. The lowest BCUT2D eigenvalue weighted by atomic mass is 9.95. The fourth-order valence-corrected chi connectivity index (χ4v) is 1.85. The Balaban J connectivity index is 2.03. The van der Waals surface area contributed by atoms with Crippen LogP contribution in [0.2, 0.25) is 0 Å². The van der Waals surface area contributed by atoms with Crippen molar-refractivity contribution in [1.82, 2.24) is 10.6 Å². The molecule has 14 heavy (non-hydrogen) atoms. The van der Waals surface area contributed by atoms with Crippen molar-refractivity contribution >= 4 is 0 Å². The van der Waals surface area contributed by atoms with Crippen LogP contribution < -0.4 is 10.6 Å². The van der Waals surface area contributed by atoms with E-state index >= 15 is 0 Å². The Hall–Kier alpha value is -0.860. The van der Waals surface area contributed by atoms with Gasteiger partial charge in [-0.3, -0.25) is 10.6 Å². The van der Waals surface area contributed by atoms with E-state index in [9.17, 15) is 0 Å². The molecule has 0 spiro atoms. The Kier molecular flexibility index (Phi) is 2.57. The molecule has 1 aliphatic rings. The van der Waals surface area contributed by atoms with Gasteiger partial charge in [0.25, 0.3) is 0 Å². The molecule has 0 unspecified atom stereocenters. The average Bonchev–Trinajstić information content (AvgIpc) is 2.19. The minimum Gasteiger partial charge on any atom is -0.299 e. The quantitative estimate of drug-likeness (QED) is 0.704. The van der Waals surface area contributed by atoms with Crippen LogP contribution in [0.5, 0.6) is 0 Å².